The van der Waals surface area contributed by atoms with Crippen molar-refractivity contribution in [1.82, 2.24) is 15.1 Å². The number of carbonyl (C=O) groups is 1. The van der Waals surface area contributed by atoms with Crippen LogP contribution in [0.2, 0.25) is 0 Å². The first-order valence-corrected chi connectivity index (χ1v) is 10.6. The molecule has 0 radical (unpaired) electrons. The van der Waals surface area contributed by atoms with Crippen LogP contribution in [0.25, 0.3) is 0 Å². The van der Waals surface area contributed by atoms with Gasteiger partial charge in [0.2, 0.25) is 0 Å². The summed E-state index contributed by atoms with van der Waals surface area (Å²) in [4.78, 5) is 21.1. The number of hydrogen-bond donors (Lipinski definition) is 1. The standard InChI is InChI=1S/C22H34N4O3/c1-18(16-28-17-19-7-4-3-5-8-19)15-24-22(23-2)26-12-10-25(11-13-26)21(27)20-9-6-14-29-20/h3-5,7-8,18,20H,6,9-17H2,1-2H3,(H,23,24). The van der Waals surface area contributed by atoms with E-state index >= 15 is 0 Å². The number of aliphatic imine (C=N–C) groups is 1. The van der Waals surface area contributed by atoms with Crippen LogP contribution >= 0.6 is 0 Å². The van der Waals surface area contributed by atoms with E-state index in [1.807, 2.05) is 30.1 Å². The van der Waals surface area contributed by atoms with Crippen molar-refractivity contribution in [2.75, 3.05) is 53.0 Å². The normalized spacial score (nSPS) is 21.3. The monoisotopic (exact) mass is 402 g/mol. The lowest BCUT2D eigenvalue weighted by Crippen LogP contribution is -2.55. The molecule has 1 amide bonds. The number of benzene rings is 1. The summed E-state index contributed by atoms with van der Waals surface area (Å²) >= 11 is 0. The van der Waals surface area contributed by atoms with Crippen molar-refractivity contribution < 1.29 is 14.3 Å². The number of nitrogens with zero attached hydrogens (tertiary/aromatic N) is 3. The highest BCUT2D eigenvalue weighted by Gasteiger charge is 2.30. The Balaban J connectivity index is 1.35. The molecule has 2 aliphatic rings. The topological polar surface area (TPSA) is 66.4 Å². The number of piperazine rings is 1. The Morgan fingerprint density at radius 2 is 1.97 bits per heavy atom. The van der Waals surface area contributed by atoms with Gasteiger partial charge in [-0.2, -0.15) is 0 Å². The minimum absolute atomic E-state index is 0.147. The van der Waals surface area contributed by atoms with Crippen molar-refractivity contribution >= 4 is 11.9 Å². The van der Waals surface area contributed by atoms with Gasteiger partial charge >= 0.3 is 0 Å². The van der Waals surface area contributed by atoms with Gasteiger partial charge in [0.05, 0.1) is 13.2 Å². The average Bonchev–Trinajstić information content (AvgIpc) is 3.30. The number of nitrogens with one attached hydrogen (secondary N) is 1. The van der Waals surface area contributed by atoms with Crippen LogP contribution < -0.4 is 5.32 Å². The van der Waals surface area contributed by atoms with Crippen molar-refractivity contribution in [3.63, 3.8) is 0 Å². The summed E-state index contributed by atoms with van der Waals surface area (Å²) in [6.45, 7) is 8.03. The van der Waals surface area contributed by atoms with Crippen LogP contribution in [0.3, 0.4) is 0 Å². The van der Waals surface area contributed by atoms with Crippen LogP contribution in [0.1, 0.15) is 25.3 Å². The van der Waals surface area contributed by atoms with Crippen molar-refractivity contribution in [2.45, 2.75) is 32.5 Å². The van der Waals surface area contributed by atoms with Gasteiger partial charge in [-0.25, -0.2) is 0 Å². The Morgan fingerprint density at radius 1 is 1.24 bits per heavy atom. The Kier molecular flexibility index (Phi) is 8.31. The molecule has 29 heavy (non-hydrogen) atoms. The zero-order valence-corrected chi connectivity index (χ0v) is 17.7. The van der Waals surface area contributed by atoms with Gasteiger partial charge in [0.1, 0.15) is 6.10 Å². The van der Waals surface area contributed by atoms with Gasteiger partial charge in [-0.3, -0.25) is 9.79 Å². The SMILES string of the molecule is CN=C(NCC(C)COCc1ccccc1)N1CCN(C(=O)C2CCCO2)CC1. The molecule has 0 saturated carbocycles. The predicted molar refractivity (Wildman–Crippen MR) is 114 cm³/mol. The maximum atomic E-state index is 12.5. The zero-order chi connectivity index (χ0) is 20.5. The quantitative estimate of drug-likeness (QED) is 0.556. The lowest BCUT2D eigenvalue weighted by Gasteiger charge is -2.37. The Morgan fingerprint density at radius 3 is 2.62 bits per heavy atom. The first kappa shape index (κ1) is 21.6. The highest BCUT2D eigenvalue weighted by molar-refractivity contribution is 5.82. The molecule has 3 rings (SSSR count). The number of carbonyl (C=O) groups excluding carboxylic acids is 1. The second-order valence-electron chi connectivity index (χ2n) is 7.85. The molecular formula is C22H34N4O3. The van der Waals surface area contributed by atoms with Crippen LogP contribution in [-0.4, -0.2) is 80.8 Å². The minimum atomic E-state index is -0.226. The number of guanidine groups is 1. The van der Waals surface area contributed by atoms with Crippen LogP contribution in [0.4, 0.5) is 0 Å². The predicted octanol–water partition coefficient (Wildman–Crippen LogP) is 1.74. The van der Waals surface area contributed by atoms with E-state index in [4.69, 9.17) is 9.47 Å². The summed E-state index contributed by atoms with van der Waals surface area (Å²) in [7, 11) is 1.81. The summed E-state index contributed by atoms with van der Waals surface area (Å²) in [5, 5.41) is 3.45. The highest BCUT2D eigenvalue weighted by atomic mass is 16.5. The van der Waals surface area contributed by atoms with Gasteiger partial charge < -0.3 is 24.6 Å². The molecule has 160 valence electrons. The lowest BCUT2D eigenvalue weighted by molar-refractivity contribution is -0.142. The summed E-state index contributed by atoms with van der Waals surface area (Å²) < 4.78 is 11.4. The Labute approximate surface area is 174 Å². The number of amides is 1. The Hall–Kier alpha value is -2.12. The van der Waals surface area contributed by atoms with E-state index in [2.05, 4.69) is 34.3 Å². The maximum absolute atomic E-state index is 12.5. The first-order chi connectivity index (χ1) is 14.2. The van der Waals surface area contributed by atoms with E-state index in [9.17, 15) is 4.79 Å². The van der Waals surface area contributed by atoms with Crippen molar-refractivity contribution in [3.05, 3.63) is 35.9 Å². The van der Waals surface area contributed by atoms with E-state index in [1.165, 1.54) is 5.56 Å². The number of hydrogen-bond acceptors (Lipinski definition) is 4. The fourth-order valence-corrected chi connectivity index (χ4v) is 3.72. The summed E-state index contributed by atoms with van der Waals surface area (Å²) in [5.74, 6) is 1.41. The second-order valence-corrected chi connectivity index (χ2v) is 7.85. The fourth-order valence-electron chi connectivity index (χ4n) is 3.72. The molecule has 7 heteroatoms. The van der Waals surface area contributed by atoms with E-state index in [1.54, 1.807) is 0 Å². The average molecular weight is 403 g/mol. The van der Waals surface area contributed by atoms with E-state index < -0.39 is 0 Å². The molecule has 2 fully saturated rings. The highest BCUT2D eigenvalue weighted by Crippen LogP contribution is 2.16. The van der Waals surface area contributed by atoms with E-state index in [0.29, 0.717) is 25.7 Å². The van der Waals surface area contributed by atoms with Crippen LogP contribution in [0, 0.1) is 5.92 Å². The molecule has 2 atom stereocenters. The zero-order valence-electron chi connectivity index (χ0n) is 17.7. The molecule has 2 heterocycles. The second kappa shape index (κ2) is 11.2. The van der Waals surface area contributed by atoms with Crippen LogP contribution in [0.15, 0.2) is 35.3 Å². The molecule has 1 aromatic rings. The van der Waals surface area contributed by atoms with Crippen LogP contribution in [0.5, 0.6) is 0 Å². The van der Waals surface area contributed by atoms with Crippen molar-refractivity contribution in [3.8, 4) is 0 Å². The fraction of sp³-hybridized carbons (Fsp3) is 0.636. The third-order valence-corrected chi connectivity index (χ3v) is 5.43. The minimum Gasteiger partial charge on any atom is -0.376 e. The lowest BCUT2D eigenvalue weighted by atomic mass is 10.2. The van der Waals surface area contributed by atoms with E-state index in [-0.39, 0.29) is 12.0 Å². The van der Waals surface area contributed by atoms with Gasteiger partial charge in [-0.1, -0.05) is 37.3 Å². The molecule has 7 nitrogen and oxygen atoms in total. The molecule has 0 spiro atoms. The molecule has 0 bridgehead atoms. The van der Waals surface area contributed by atoms with Crippen molar-refractivity contribution in [2.24, 2.45) is 10.9 Å². The van der Waals surface area contributed by atoms with Gasteiger partial charge in [-0.05, 0) is 24.3 Å². The molecule has 1 N–H and O–H groups in total. The number of rotatable bonds is 7. The summed E-state index contributed by atoms with van der Waals surface area (Å²) in [6.07, 6.45) is 1.61. The van der Waals surface area contributed by atoms with Crippen LogP contribution in [-0.2, 0) is 20.9 Å². The van der Waals surface area contributed by atoms with E-state index in [0.717, 1.165) is 51.5 Å². The van der Waals surface area contributed by atoms with Crippen molar-refractivity contribution in [1.29, 1.82) is 0 Å². The molecular weight excluding hydrogens is 368 g/mol. The van der Waals surface area contributed by atoms with Gasteiger partial charge in [0.15, 0.2) is 5.96 Å². The smallest absolute Gasteiger partial charge is 0.251 e. The third kappa shape index (κ3) is 6.44. The molecule has 2 saturated heterocycles. The summed E-state index contributed by atoms with van der Waals surface area (Å²) in [5.41, 5.74) is 1.19. The largest absolute Gasteiger partial charge is 0.376 e. The van der Waals surface area contributed by atoms with Gasteiger partial charge in [0, 0.05) is 46.4 Å². The first-order valence-electron chi connectivity index (χ1n) is 10.6. The Bertz CT molecular complexity index is 653. The van der Waals surface area contributed by atoms with Gasteiger partial charge in [-0.15, -0.1) is 0 Å². The van der Waals surface area contributed by atoms with Gasteiger partial charge in [0.25, 0.3) is 5.91 Å². The third-order valence-electron chi connectivity index (χ3n) is 5.43. The molecule has 1 aromatic carbocycles. The molecule has 0 aromatic heterocycles. The molecule has 2 unspecified atom stereocenters. The number of ether oxygens (including phenoxy) is 2. The summed E-state index contributed by atoms with van der Waals surface area (Å²) in [6, 6.07) is 10.2. The maximum Gasteiger partial charge on any atom is 0.251 e. The molecule has 0 aliphatic carbocycles. The molecule has 2 aliphatic heterocycles.